The van der Waals surface area contributed by atoms with Gasteiger partial charge >= 0.3 is 0 Å². The van der Waals surface area contributed by atoms with Crippen molar-refractivity contribution in [1.82, 2.24) is 5.32 Å². The Balaban J connectivity index is 2.55. The normalized spacial score (nSPS) is 16.1. The Morgan fingerprint density at radius 1 is 1.35 bits per heavy atom. The van der Waals surface area contributed by atoms with Crippen LogP contribution in [0.15, 0.2) is 29.3 Å². The molecule has 0 aromatic heterocycles. The minimum atomic E-state index is -0.493. The van der Waals surface area contributed by atoms with Gasteiger partial charge in [-0.2, -0.15) is 10.5 Å². The minimum Gasteiger partial charge on any atom is -0.483 e. The largest absolute Gasteiger partial charge is 0.483 e. The second-order valence-electron chi connectivity index (χ2n) is 4.99. The zero-order valence-electron chi connectivity index (χ0n) is 11.6. The minimum absolute atomic E-state index is 0.491. The molecule has 0 aliphatic carbocycles. The van der Waals surface area contributed by atoms with Crippen molar-refractivity contribution in [2.75, 3.05) is 0 Å². The van der Waals surface area contributed by atoms with Gasteiger partial charge in [-0.1, -0.05) is 0 Å². The van der Waals surface area contributed by atoms with Crippen LogP contribution in [0.5, 0.6) is 5.75 Å². The molecule has 0 spiro atoms. The number of rotatable bonds is 1. The van der Waals surface area contributed by atoms with Gasteiger partial charge in [0.1, 0.15) is 17.2 Å². The predicted molar refractivity (Wildman–Crippen MR) is 75.7 cm³/mol. The highest BCUT2D eigenvalue weighted by molar-refractivity contribution is 5.88. The molecule has 2 rings (SSSR count). The molecule has 0 unspecified atom stereocenters. The first-order valence-corrected chi connectivity index (χ1v) is 6.12. The van der Waals surface area contributed by atoms with Crippen molar-refractivity contribution in [3.8, 4) is 18.0 Å². The van der Waals surface area contributed by atoms with Gasteiger partial charge in [0.25, 0.3) is 0 Å². The Hall–Kier alpha value is -2.79. The Morgan fingerprint density at radius 2 is 2.10 bits per heavy atom. The van der Waals surface area contributed by atoms with Crippen LogP contribution in [0.1, 0.15) is 31.9 Å². The van der Waals surface area contributed by atoms with Gasteiger partial charge in [-0.3, -0.25) is 5.32 Å². The summed E-state index contributed by atoms with van der Waals surface area (Å²) in [6, 6.07) is 7.31. The summed E-state index contributed by atoms with van der Waals surface area (Å²) in [4.78, 5) is 4.39. The molecule has 0 radical (unpaired) electrons. The zero-order valence-corrected chi connectivity index (χ0v) is 11.6. The first-order valence-electron chi connectivity index (χ1n) is 6.12. The van der Waals surface area contributed by atoms with E-state index in [2.05, 4.69) is 16.4 Å². The Labute approximate surface area is 117 Å². The van der Waals surface area contributed by atoms with E-state index in [9.17, 15) is 0 Å². The average Bonchev–Trinajstić information content (AvgIpc) is 2.37. The molecule has 1 N–H and O–H groups in total. The van der Waals surface area contributed by atoms with Crippen molar-refractivity contribution in [2.24, 2.45) is 4.99 Å². The van der Waals surface area contributed by atoms with Gasteiger partial charge in [-0.25, -0.2) is 4.99 Å². The van der Waals surface area contributed by atoms with Crippen molar-refractivity contribution in [2.45, 2.75) is 26.4 Å². The molecule has 100 valence electrons. The predicted octanol–water partition coefficient (Wildman–Crippen LogP) is 2.56. The lowest BCUT2D eigenvalue weighted by molar-refractivity contribution is 0.158. The van der Waals surface area contributed by atoms with E-state index < -0.39 is 5.60 Å². The lowest BCUT2D eigenvalue weighted by atomic mass is 9.98. The number of hydrogen-bond donors (Lipinski definition) is 1. The maximum Gasteiger partial charge on any atom is 0.182 e. The Bertz CT molecular complexity index is 687. The van der Waals surface area contributed by atoms with Crippen LogP contribution in [0.4, 0.5) is 0 Å². The molecule has 1 heterocycles. The molecular weight excluding hydrogens is 252 g/mol. The summed E-state index contributed by atoms with van der Waals surface area (Å²) in [7, 11) is 0. The molecule has 0 amide bonds. The highest BCUT2D eigenvalue weighted by Gasteiger charge is 2.26. The van der Waals surface area contributed by atoms with Crippen molar-refractivity contribution in [1.29, 1.82) is 10.5 Å². The molecule has 0 saturated heterocycles. The molecule has 0 atom stereocenters. The van der Waals surface area contributed by atoms with Gasteiger partial charge in [0, 0.05) is 5.56 Å². The highest BCUT2D eigenvalue weighted by atomic mass is 16.5. The molecule has 0 fully saturated rings. The fourth-order valence-corrected chi connectivity index (χ4v) is 1.99. The van der Waals surface area contributed by atoms with Gasteiger partial charge in [0.2, 0.25) is 0 Å². The van der Waals surface area contributed by atoms with Crippen molar-refractivity contribution in [3.05, 3.63) is 35.4 Å². The lowest BCUT2D eigenvalue weighted by Crippen LogP contribution is -2.29. The number of nitrogens with one attached hydrogen (secondary N) is 1. The second-order valence-corrected chi connectivity index (χ2v) is 4.99. The topological polar surface area (TPSA) is 81.2 Å². The van der Waals surface area contributed by atoms with E-state index in [1.54, 1.807) is 25.1 Å². The first kappa shape index (κ1) is 13.6. The maximum atomic E-state index is 8.99. The van der Waals surface area contributed by atoms with E-state index in [-0.39, 0.29) is 0 Å². The number of ether oxygens (including phenoxy) is 1. The molecule has 5 nitrogen and oxygen atoms in total. The summed E-state index contributed by atoms with van der Waals surface area (Å²) < 4.78 is 5.85. The van der Waals surface area contributed by atoms with Crippen LogP contribution in [0, 0.1) is 22.8 Å². The van der Waals surface area contributed by atoms with Gasteiger partial charge in [-0.15, -0.1) is 0 Å². The summed E-state index contributed by atoms with van der Waals surface area (Å²) >= 11 is 0. The van der Waals surface area contributed by atoms with Crippen LogP contribution in [0.3, 0.4) is 0 Å². The van der Waals surface area contributed by atoms with E-state index in [4.69, 9.17) is 15.3 Å². The maximum absolute atomic E-state index is 8.99. The second kappa shape index (κ2) is 5.07. The van der Waals surface area contributed by atoms with E-state index in [1.807, 2.05) is 26.1 Å². The number of hydrogen-bond acceptors (Lipinski definition) is 4. The van der Waals surface area contributed by atoms with Crippen LogP contribution in [0.2, 0.25) is 0 Å². The molecular formula is C15H14N4O. The monoisotopic (exact) mass is 266 g/mol. The highest BCUT2D eigenvalue weighted by Crippen LogP contribution is 2.37. The van der Waals surface area contributed by atoms with E-state index in [0.717, 1.165) is 5.56 Å². The third-order valence-electron chi connectivity index (χ3n) is 2.77. The third kappa shape index (κ3) is 2.78. The standard InChI is InChI=1S/C15H14N4O/c1-10(18-9-17)19-13-7-15(2,3)20-14-5-4-11(8-16)6-12(13)14/h4-7H,1-3H3,(H,18,19). The third-order valence-corrected chi connectivity index (χ3v) is 2.77. The van der Waals surface area contributed by atoms with Crippen molar-refractivity contribution < 1.29 is 4.74 Å². The number of aliphatic imine (C=N–C) groups is 1. The zero-order chi connectivity index (χ0) is 14.8. The lowest BCUT2D eigenvalue weighted by Gasteiger charge is -2.30. The van der Waals surface area contributed by atoms with Crippen molar-refractivity contribution in [3.63, 3.8) is 0 Å². The number of nitriles is 2. The molecule has 5 heteroatoms. The average molecular weight is 266 g/mol. The van der Waals surface area contributed by atoms with Crippen LogP contribution in [-0.4, -0.2) is 11.4 Å². The quantitative estimate of drug-likeness (QED) is 0.366. The van der Waals surface area contributed by atoms with Crippen LogP contribution >= 0.6 is 0 Å². The molecule has 20 heavy (non-hydrogen) atoms. The Morgan fingerprint density at radius 3 is 2.75 bits per heavy atom. The fourth-order valence-electron chi connectivity index (χ4n) is 1.99. The summed E-state index contributed by atoms with van der Waals surface area (Å²) in [5, 5.41) is 20.1. The summed E-state index contributed by atoms with van der Waals surface area (Å²) in [6.45, 7) is 5.56. The van der Waals surface area contributed by atoms with Crippen LogP contribution in [-0.2, 0) is 0 Å². The van der Waals surface area contributed by atoms with Gasteiger partial charge in [-0.05, 0) is 45.0 Å². The smallest absolute Gasteiger partial charge is 0.182 e. The van der Waals surface area contributed by atoms with E-state index in [1.165, 1.54) is 0 Å². The SMILES string of the molecule is CC(=NC1=CC(C)(C)Oc2ccc(C#N)cc21)NC#N. The molecule has 1 aromatic carbocycles. The number of amidine groups is 1. The van der Waals surface area contributed by atoms with Crippen LogP contribution in [0.25, 0.3) is 5.70 Å². The number of fused-ring (bicyclic) bond motifs is 1. The van der Waals surface area contributed by atoms with E-state index in [0.29, 0.717) is 22.8 Å². The van der Waals surface area contributed by atoms with Gasteiger partial charge < -0.3 is 4.74 Å². The van der Waals surface area contributed by atoms with Gasteiger partial charge in [0.15, 0.2) is 6.19 Å². The summed E-state index contributed by atoms with van der Waals surface area (Å²) in [5.74, 6) is 1.17. The van der Waals surface area contributed by atoms with Crippen molar-refractivity contribution >= 4 is 11.5 Å². The molecule has 0 saturated carbocycles. The summed E-state index contributed by atoms with van der Waals surface area (Å²) in [5.41, 5.74) is 1.49. The first-order chi connectivity index (χ1) is 9.45. The van der Waals surface area contributed by atoms with E-state index >= 15 is 0 Å². The molecule has 0 bridgehead atoms. The fraction of sp³-hybridized carbons (Fsp3) is 0.267. The molecule has 1 aliphatic rings. The molecule has 1 aliphatic heterocycles. The Kier molecular flexibility index (Phi) is 3.45. The van der Waals surface area contributed by atoms with Gasteiger partial charge in [0.05, 0.1) is 17.3 Å². The number of benzene rings is 1. The molecule has 1 aromatic rings. The summed E-state index contributed by atoms with van der Waals surface area (Å²) in [6.07, 6.45) is 3.71. The van der Waals surface area contributed by atoms with Crippen LogP contribution < -0.4 is 10.1 Å². The number of nitrogens with zero attached hydrogens (tertiary/aromatic N) is 3.